The summed E-state index contributed by atoms with van der Waals surface area (Å²) in [5.74, 6) is -0.149. The fraction of sp³-hybridized carbons (Fsp3) is 0.350. The van der Waals surface area contributed by atoms with Gasteiger partial charge in [0.2, 0.25) is 0 Å². The maximum absolute atomic E-state index is 12.9. The molecule has 6 heteroatoms. The zero-order valence-electron chi connectivity index (χ0n) is 16.2. The zero-order chi connectivity index (χ0) is 19.0. The van der Waals surface area contributed by atoms with E-state index in [1.807, 2.05) is 69.6 Å². The predicted molar refractivity (Wildman–Crippen MR) is 106 cm³/mol. The Morgan fingerprint density at radius 1 is 1.19 bits per heavy atom. The second kappa shape index (κ2) is 6.78. The normalized spacial score (nSPS) is 11.2. The lowest BCUT2D eigenvalue weighted by molar-refractivity contribution is 0.102. The third-order valence-electron chi connectivity index (χ3n) is 4.40. The van der Waals surface area contributed by atoms with Crippen molar-refractivity contribution in [3.63, 3.8) is 0 Å². The quantitative estimate of drug-likeness (QED) is 0.773. The van der Waals surface area contributed by atoms with Crippen molar-refractivity contribution in [2.24, 2.45) is 0 Å². The molecule has 0 bridgehead atoms. The van der Waals surface area contributed by atoms with Crippen molar-refractivity contribution in [1.82, 2.24) is 14.8 Å². The van der Waals surface area contributed by atoms with E-state index in [0.29, 0.717) is 5.56 Å². The molecule has 0 aliphatic heterocycles. The number of aromatic nitrogens is 3. The highest BCUT2D eigenvalue weighted by molar-refractivity contribution is 6.12. The lowest BCUT2D eigenvalue weighted by atomic mass is 10.1. The number of carbonyl (C=O) groups is 1. The van der Waals surface area contributed by atoms with Crippen LogP contribution in [-0.2, 0) is 0 Å². The van der Waals surface area contributed by atoms with E-state index in [-0.39, 0.29) is 11.9 Å². The topological polar surface area (TPSA) is 63.1 Å². The molecule has 0 radical (unpaired) electrons. The van der Waals surface area contributed by atoms with Gasteiger partial charge in [0.25, 0.3) is 5.91 Å². The van der Waals surface area contributed by atoms with Crippen molar-refractivity contribution < 1.29 is 4.79 Å². The van der Waals surface area contributed by atoms with Crippen molar-refractivity contribution in [2.45, 2.75) is 33.7 Å². The number of nitrogens with zero attached hydrogens (tertiary/aromatic N) is 4. The van der Waals surface area contributed by atoms with Crippen LogP contribution in [0.2, 0.25) is 0 Å². The number of hydrogen-bond donors (Lipinski definition) is 1. The lowest BCUT2D eigenvalue weighted by Gasteiger charge is -2.16. The molecule has 1 N–H and O–H groups in total. The van der Waals surface area contributed by atoms with Crippen LogP contribution in [-0.4, -0.2) is 34.8 Å². The summed E-state index contributed by atoms with van der Waals surface area (Å²) >= 11 is 0. The number of aryl methyl sites for hydroxylation is 2. The monoisotopic (exact) mass is 351 g/mol. The first-order valence-electron chi connectivity index (χ1n) is 8.72. The summed E-state index contributed by atoms with van der Waals surface area (Å²) in [4.78, 5) is 19.6. The Kier molecular flexibility index (Phi) is 4.68. The molecule has 0 atom stereocenters. The lowest BCUT2D eigenvalue weighted by Crippen LogP contribution is -2.15. The molecule has 0 unspecified atom stereocenters. The number of carbonyl (C=O) groups excluding carboxylic acids is 1. The van der Waals surface area contributed by atoms with Gasteiger partial charge in [0.15, 0.2) is 5.65 Å². The largest absolute Gasteiger partial charge is 0.378 e. The summed E-state index contributed by atoms with van der Waals surface area (Å²) in [5.41, 5.74) is 5.05. The Hall–Kier alpha value is -2.89. The number of nitrogens with one attached hydrogen (secondary N) is 1. The summed E-state index contributed by atoms with van der Waals surface area (Å²) in [6.07, 6.45) is 1.72. The SMILES string of the molecule is Cc1cc(C(=O)Nc2ccc(N(C)C)cc2C)c2cnn(C(C)C)c2n1. The van der Waals surface area contributed by atoms with Gasteiger partial charge in [0, 0.05) is 37.2 Å². The van der Waals surface area contributed by atoms with E-state index in [9.17, 15) is 4.79 Å². The van der Waals surface area contributed by atoms with Gasteiger partial charge in [-0.2, -0.15) is 5.10 Å². The van der Waals surface area contributed by atoms with Gasteiger partial charge >= 0.3 is 0 Å². The average molecular weight is 351 g/mol. The van der Waals surface area contributed by atoms with Gasteiger partial charge < -0.3 is 10.2 Å². The molecule has 0 saturated carbocycles. The number of anilines is 2. The standard InChI is InChI=1S/C20H25N5O/c1-12(2)25-19-17(11-21-25)16(10-14(4)22-19)20(26)23-18-8-7-15(24(5)6)9-13(18)3/h7-12H,1-6H3,(H,23,26). The van der Waals surface area contributed by atoms with E-state index in [0.717, 1.165) is 33.7 Å². The van der Waals surface area contributed by atoms with Gasteiger partial charge in [-0.1, -0.05) is 0 Å². The minimum Gasteiger partial charge on any atom is -0.378 e. The molecule has 3 rings (SSSR count). The van der Waals surface area contributed by atoms with Crippen molar-refractivity contribution >= 4 is 28.3 Å². The second-order valence-corrected chi connectivity index (χ2v) is 7.08. The molecule has 1 amide bonds. The molecule has 0 saturated heterocycles. The van der Waals surface area contributed by atoms with Crippen LogP contribution in [0.4, 0.5) is 11.4 Å². The van der Waals surface area contributed by atoms with Gasteiger partial charge in [-0.25, -0.2) is 9.67 Å². The maximum Gasteiger partial charge on any atom is 0.256 e. The van der Waals surface area contributed by atoms with Crippen LogP contribution in [0.15, 0.2) is 30.5 Å². The molecule has 0 fully saturated rings. The molecule has 0 aliphatic carbocycles. The third kappa shape index (κ3) is 3.27. The minimum atomic E-state index is -0.149. The van der Waals surface area contributed by atoms with Crippen LogP contribution in [0.1, 0.15) is 41.5 Å². The first-order chi connectivity index (χ1) is 12.3. The molecule has 3 aromatic rings. The Morgan fingerprint density at radius 3 is 2.54 bits per heavy atom. The summed E-state index contributed by atoms with van der Waals surface area (Å²) in [6.45, 7) is 7.98. The van der Waals surface area contributed by atoms with Gasteiger partial charge in [-0.15, -0.1) is 0 Å². The molecular weight excluding hydrogens is 326 g/mol. The molecule has 2 aromatic heterocycles. The van der Waals surface area contributed by atoms with E-state index >= 15 is 0 Å². The van der Waals surface area contributed by atoms with E-state index in [4.69, 9.17) is 0 Å². The Bertz CT molecular complexity index is 972. The summed E-state index contributed by atoms with van der Waals surface area (Å²) in [6, 6.07) is 7.98. The highest BCUT2D eigenvalue weighted by Gasteiger charge is 2.17. The Balaban J connectivity index is 1.98. The molecular formula is C20H25N5O. The number of pyridine rings is 1. The van der Waals surface area contributed by atoms with Crippen LogP contribution in [0.25, 0.3) is 11.0 Å². The van der Waals surface area contributed by atoms with Crippen molar-refractivity contribution in [3.8, 4) is 0 Å². The molecule has 0 spiro atoms. The second-order valence-electron chi connectivity index (χ2n) is 7.08. The van der Waals surface area contributed by atoms with Crippen molar-refractivity contribution in [3.05, 3.63) is 47.3 Å². The number of amides is 1. The summed E-state index contributed by atoms with van der Waals surface area (Å²) < 4.78 is 1.84. The van der Waals surface area contributed by atoms with Crippen LogP contribution >= 0.6 is 0 Å². The number of fused-ring (bicyclic) bond motifs is 1. The number of rotatable bonds is 4. The maximum atomic E-state index is 12.9. The summed E-state index contributed by atoms with van der Waals surface area (Å²) in [5, 5.41) is 8.20. The van der Waals surface area contributed by atoms with Crippen molar-refractivity contribution in [1.29, 1.82) is 0 Å². The summed E-state index contributed by atoms with van der Waals surface area (Å²) in [7, 11) is 3.99. The third-order valence-corrected chi connectivity index (χ3v) is 4.40. The highest BCUT2D eigenvalue weighted by Crippen LogP contribution is 2.25. The molecule has 6 nitrogen and oxygen atoms in total. The number of hydrogen-bond acceptors (Lipinski definition) is 4. The fourth-order valence-corrected chi connectivity index (χ4v) is 2.96. The van der Waals surface area contributed by atoms with Gasteiger partial charge in [0.1, 0.15) is 0 Å². The molecule has 2 heterocycles. The van der Waals surface area contributed by atoms with Crippen LogP contribution in [0, 0.1) is 13.8 Å². The molecule has 26 heavy (non-hydrogen) atoms. The average Bonchev–Trinajstić information content (AvgIpc) is 2.99. The van der Waals surface area contributed by atoms with Crippen molar-refractivity contribution in [2.75, 3.05) is 24.3 Å². The molecule has 1 aromatic carbocycles. The molecule has 136 valence electrons. The minimum absolute atomic E-state index is 0.149. The fourth-order valence-electron chi connectivity index (χ4n) is 2.96. The zero-order valence-corrected chi connectivity index (χ0v) is 16.2. The van der Waals surface area contributed by atoms with E-state index < -0.39 is 0 Å². The Labute approximate surface area is 153 Å². The van der Waals surface area contributed by atoms with E-state index in [1.54, 1.807) is 6.20 Å². The highest BCUT2D eigenvalue weighted by atomic mass is 16.1. The smallest absolute Gasteiger partial charge is 0.256 e. The number of benzene rings is 1. The van der Waals surface area contributed by atoms with E-state index in [1.165, 1.54) is 0 Å². The first kappa shape index (κ1) is 17.9. The Morgan fingerprint density at radius 2 is 1.92 bits per heavy atom. The van der Waals surface area contributed by atoms with Crippen LogP contribution in [0.3, 0.4) is 0 Å². The van der Waals surface area contributed by atoms with Crippen LogP contribution in [0.5, 0.6) is 0 Å². The van der Waals surface area contributed by atoms with E-state index in [2.05, 4.69) is 21.5 Å². The predicted octanol–water partition coefficient (Wildman–Crippen LogP) is 3.95. The van der Waals surface area contributed by atoms with Gasteiger partial charge in [0.05, 0.1) is 17.1 Å². The van der Waals surface area contributed by atoms with Crippen LogP contribution < -0.4 is 10.2 Å². The van der Waals surface area contributed by atoms with Gasteiger partial charge in [-0.3, -0.25) is 4.79 Å². The first-order valence-corrected chi connectivity index (χ1v) is 8.72. The van der Waals surface area contributed by atoms with Gasteiger partial charge in [-0.05, 0) is 57.5 Å². The molecule has 0 aliphatic rings.